The first-order valence-electron chi connectivity index (χ1n) is 9.27. The average Bonchev–Trinajstić information content (AvgIpc) is 2.75. The van der Waals surface area contributed by atoms with Crippen LogP contribution in [0.2, 0.25) is 5.02 Å². The summed E-state index contributed by atoms with van der Waals surface area (Å²) in [4.78, 5) is 6.73. The van der Waals surface area contributed by atoms with Crippen molar-refractivity contribution in [3.63, 3.8) is 0 Å². The number of hydrogen-bond acceptors (Lipinski definition) is 3. The molecule has 0 fully saturated rings. The van der Waals surface area contributed by atoms with Crippen molar-refractivity contribution in [3.05, 3.63) is 89.6 Å². The van der Waals surface area contributed by atoms with Gasteiger partial charge < -0.3 is 9.64 Å². The monoisotopic (exact) mass is 388 g/mol. The molecule has 140 valence electrons. The number of nitrogens with zero attached hydrogens (tertiary/aromatic N) is 2. The number of halogens is 1. The summed E-state index contributed by atoms with van der Waals surface area (Å²) in [5.41, 5.74) is 5.18. The van der Waals surface area contributed by atoms with Crippen molar-refractivity contribution in [2.45, 2.75) is 13.3 Å². The Labute approximate surface area is 170 Å². The number of benzene rings is 3. The Morgan fingerprint density at radius 3 is 2.32 bits per heavy atom. The van der Waals surface area contributed by atoms with E-state index >= 15 is 0 Å². The van der Waals surface area contributed by atoms with E-state index in [1.165, 1.54) is 5.56 Å². The molecule has 0 saturated heterocycles. The molecule has 28 heavy (non-hydrogen) atoms. The average molecular weight is 389 g/mol. The molecular weight excluding hydrogens is 368 g/mol. The lowest BCUT2D eigenvalue weighted by molar-refractivity contribution is 0.415. The summed E-state index contributed by atoms with van der Waals surface area (Å²) in [6, 6.07) is 24.6. The Bertz CT molecular complexity index is 1090. The molecule has 4 aromatic rings. The van der Waals surface area contributed by atoms with Crippen LogP contribution in [0.3, 0.4) is 0 Å². The molecule has 0 radical (unpaired) electrons. The number of pyridine rings is 1. The van der Waals surface area contributed by atoms with Gasteiger partial charge in [-0.1, -0.05) is 48.9 Å². The van der Waals surface area contributed by atoms with Crippen LogP contribution in [-0.4, -0.2) is 12.1 Å². The number of aromatic nitrogens is 1. The second kappa shape index (κ2) is 7.91. The highest BCUT2D eigenvalue weighted by Gasteiger charge is 2.20. The van der Waals surface area contributed by atoms with Crippen LogP contribution < -0.4 is 9.64 Å². The topological polar surface area (TPSA) is 25.4 Å². The van der Waals surface area contributed by atoms with Gasteiger partial charge in [0.25, 0.3) is 0 Å². The van der Waals surface area contributed by atoms with E-state index in [-0.39, 0.29) is 0 Å². The normalized spacial score (nSPS) is 10.8. The lowest BCUT2D eigenvalue weighted by Crippen LogP contribution is -2.12. The summed E-state index contributed by atoms with van der Waals surface area (Å²) >= 11 is 6.34. The third-order valence-corrected chi connectivity index (χ3v) is 5.06. The van der Waals surface area contributed by atoms with Crippen LogP contribution in [0, 0.1) is 0 Å². The van der Waals surface area contributed by atoms with Crippen molar-refractivity contribution in [3.8, 4) is 5.75 Å². The highest BCUT2D eigenvalue weighted by atomic mass is 35.5. The largest absolute Gasteiger partial charge is 0.493 e. The molecule has 0 N–H and O–H groups in total. The fourth-order valence-electron chi connectivity index (χ4n) is 3.38. The lowest BCUT2D eigenvalue weighted by Gasteiger charge is -2.28. The van der Waals surface area contributed by atoms with E-state index in [0.717, 1.165) is 34.4 Å². The zero-order valence-corrected chi connectivity index (χ0v) is 16.6. The number of aryl methyl sites for hydroxylation is 1. The molecule has 4 rings (SSSR count). The molecule has 0 aliphatic carbocycles. The summed E-state index contributed by atoms with van der Waals surface area (Å²) in [6.45, 7) is 2.16. The van der Waals surface area contributed by atoms with Crippen LogP contribution in [0.15, 0.2) is 79.0 Å². The molecule has 3 nitrogen and oxygen atoms in total. The second-order valence-electron chi connectivity index (χ2n) is 6.53. The molecule has 0 atom stereocenters. The van der Waals surface area contributed by atoms with E-state index in [1.807, 2.05) is 36.4 Å². The van der Waals surface area contributed by atoms with E-state index in [4.69, 9.17) is 16.3 Å². The maximum Gasteiger partial charge on any atom is 0.161 e. The van der Waals surface area contributed by atoms with Crippen molar-refractivity contribution in [1.82, 2.24) is 4.98 Å². The van der Waals surface area contributed by atoms with Gasteiger partial charge in [-0.15, -0.1) is 0 Å². The van der Waals surface area contributed by atoms with E-state index in [9.17, 15) is 0 Å². The van der Waals surface area contributed by atoms with E-state index in [2.05, 4.69) is 53.2 Å². The van der Waals surface area contributed by atoms with Gasteiger partial charge in [-0.3, -0.25) is 4.98 Å². The second-order valence-corrected chi connectivity index (χ2v) is 6.96. The summed E-state index contributed by atoms with van der Waals surface area (Å²) in [5.74, 6) is 0.693. The van der Waals surface area contributed by atoms with E-state index in [0.29, 0.717) is 10.8 Å². The van der Waals surface area contributed by atoms with Crippen LogP contribution in [0.5, 0.6) is 5.75 Å². The predicted octanol–water partition coefficient (Wildman–Crippen LogP) is 6.93. The first kappa shape index (κ1) is 18.3. The summed E-state index contributed by atoms with van der Waals surface area (Å²) in [5, 5.41) is 1.61. The molecule has 3 aromatic carbocycles. The molecule has 0 bridgehead atoms. The molecule has 0 aliphatic rings. The smallest absolute Gasteiger partial charge is 0.161 e. The Balaban J connectivity index is 2.02. The van der Waals surface area contributed by atoms with Crippen LogP contribution in [0.1, 0.15) is 12.5 Å². The molecule has 0 unspecified atom stereocenters. The summed E-state index contributed by atoms with van der Waals surface area (Å²) in [6.07, 6.45) is 2.77. The zero-order valence-electron chi connectivity index (χ0n) is 15.9. The number of ether oxygens (including phenoxy) is 1. The first-order valence-corrected chi connectivity index (χ1v) is 9.65. The van der Waals surface area contributed by atoms with Crippen molar-refractivity contribution < 1.29 is 4.74 Å². The number of hydrogen-bond donors (Lipinski definition) is 0. The number of methoxy groups -OCH3 is 1. The quantitative estimate of drug-likeness (QED) is 0.370. The Morgan fingerprint density at radius 1 is 0.929 bits per heavy atom. The minimum Gasteiger partial charge on any atom is -0.493 e. The number of para-hydroxylation sites is 1. The number of rotatable bonds is 5. The lowest BCUT2D eigenvalue weighted by atomic mass is 10.1. The SMILES string of the molecule is CCc1ccc(N(c2ccccc2)c2c(OC)cnc3ccc(Cl)cc23)cc1. The summed E-state index contributed by atoms with van der Waals surface area (Å²) < 4.78 is 5.71. The molecule has 4 heteroatoms. The van der Waals surface area contributed by atoms with Gasteiger partial charge in [0.15, 0.2) is 5.75 Å². The maximum atomic E-state index is 6.34. The van der Waals surface area contributed by atoms with Crippen molar-refractivity contribution in [2.24, 2.45) is 0 Å². The van der Waals surface area contributed by atoms with Gasteiger partial charge >= 0.3 is 0 Å². The minimum absolute atomic E-state index is 0.665. The van der Waals surface area contributed by atoms with Gasteiger partial charge in [0.2, 0.25) is 0 Å². The number of fused-ring (bicyclic) bond motifs is 1. The molecule has 0 aliphatic heterocycles. The standard InChI is InChI=1S/C24H21ClN2O/c1-3-17-9-12-20(13-10-17)27(19-7-5-4-6-8-19)24-21-15-18(25)11-14-22(21)26-16-23(24)28-2/h4-16H,3H2,1-2H3. The molecule has 1 heterocycles. The van der Waals surface area contributed by atoms with Gasteiger partial charge in [-0.25, -0.2) is 0 Å². The minimum atomic E-state index is 0.665. The summed E-state index contributed by atoms with van der Waals surface area (Å²) in [7, 11) is 1.67. The van der Waals surface area contributed by atoms with Crippen molar-refractivity contribution in [1.29, 1.82) is 0 Å². The number of anilines is 3. The van der Waals surface area contributed by atoms with Gasteiger partial charge in [0.1, 0.15) is 0 Å². The van der Waals surface area contributed by atoms with Crippen LogP contribution in [0.25, 0.3) is 10.9 Å². The van der Waals surface area contributed by atoms with E-state index < -0.39 is 0 Å². The third-order valence-electron chi connectivity index (χ3n) is 4.83. The Morgan fingerprint density at radius 2 is 1.64 bits per heavy atom. The fraction of sp³-hybridized carbons (Fsp3) is 0.125. The maximum absolute atomic E-state index is 6.34. The molecule has 0 spiro atoms. The van der Waals surface area contributed by atoms with Gasteiger partial charge in [-0.05, 0) is 54.4 Å². The van der Waals surface area contributed by atoms with Gasteiger partial charge in [0, 0.05) is 21.8 Å². The van der Waals surface area contributed by atoms with E-state index in [1.54, 1.807) is 13.3 Å². The first-order chi connectivity index (χ1) is 13.7. The highest BCUT2D eigenvalue weighted by Crippen LogP contribution is 2.44. The Kier molecular flexibility index (Phi) is 5.18. The van der Waals surface area contributed by atoms with Crippen LogP contribution >= 0.6 is 11.6 Å². The predicted molar refractivity (Wildman–Crippen MR) is 117 cm³/mol. The third kappa shape index (κ3) is 3.41. The van der Waals surface area contributed by atoms with Gasteiger partial charge in [-0.2, -0.15) is 0 Å². The van der Waals surface area contributed by atoms with Crippen LogP contribution in [-0.2, 0) is 6.42 Å². The van der Waals surface area contributed by atoms with Crippen LogP contribution in [0.4, 0.5) is 17.1 Å². The molecular formula is C24H21ClN2O. The van der Waals surface area contributed by atoms with Crippen molar-refractivity contribution in [2.75, 3.05) is 12.0 Å². The fourth-order valence-corrected chi connectivity index (χ4v) is 3.55. The molecule has 0 amide bonds. The molecule has 0 saturated carbocycles. The highest BCUT2D eigenvalue weighted by molar-refractivity contribution is 6.31. The van der Waals surface area contributed by atoms with Crippen molar-refractivity contribution >= 4 is 39.6 Å². The Hall–Kier alpha value is -3.04. The molecule has 1 aromatic heterocycles. The zero-order chi connectivity index (χ0) is 19.5. The van der Waals surface area contributed by atoms with Gasteiger partial charge in [0.05, 0.1) is 24.5 Å².